The van der Waals surface area contributed by atoms with Crippen LogP contribution in [0.1, 0.15) is 194 Å². The molecule has 0 aliphatic carbocycles. The molecule has 8 heteroatoms. The minimum atomic E-state index is -0.0632. The summed E-state index contributed by atoms with van der Waals surface area (Å²) in [7, 11) is 0. The van der Waals surface area contributed by atoms with E-state index in [-0.39, 0.29) is 19.3 Å². The van der Waals surface area contributed by atoms with Gasteiger partial charge in [-0.25, -0.2) is 0 Å². The molecule has 0 aliphatic rings. The molecule has 0 fully saturated rings. The molecule has 0 aliphatic heterocycles. The number of aliphatic hydroxyl groups is 2. The van der Waals surface area contributed by atoms with E-state index in [9.17, 15) is 10.2 Å². The van der Waals surface area contributed by atoms with Gasteiger partial charge >= 0.3 is 0 Å². The standard InChI is InChI=1S/C46H90N2O5S/c1-3-5-7-9-11-13-15-17-19-21-23-25-27-29-31-33-40-51-43-45(47-46(54)53-42-37-48(35-38-49)36-39-50)44-52-41-34-32-30-28-26-24-22-20-18-16-14-12-10-8-6-4-2/h17-20,45,49-50H,3-16,21-44H2,1-2H3,(H,47,54). The summed E-state index contributed by atoms with van der Waals surface area (Å²) in [4.78, 5) is 1.95. The molecule has 0 heterocycles. The van der Waals surface area contributed by atoms with E-state index in [1.165, 1.54) is 167 Å². The molecule has 0 aromatic heterocycles. The van der Waals surface area contributed by atoms with Crippen LogP contribution in [0.25, 0.3) is 0 Å². The number of nitrogens with one attached hydrogen (secondary N) is 1. The Morgan fingerprint density at radius 3 is 1.22 bits per heavy atom. The van der Waals surface area contributed by atoms with Crippen LogP contribution in [0.4, 0.5) is 0 Å². The summed E-state index contributed by atoms with van der Waals surface area (Å²) in [5, 5.41) is 22.1. The monoisotopic (exact) mass is 783 g/mol. The number of allylic oxidation sites excluding steroid dienone is 4. The van der Waals surface area contributed by atoms with Gasteiger partial charge in [-0.2, -0.15) is 0 Å². The van der Waals surface area contributed by atoms with Gasteiger partial charge in [0.2, 0.25) is 0 Å². The second-order valence-corrected chi connectivity index (χ2v) is 15.7. The van der Waals surface area contributed by atoms with Crippen LogP contribution in [-0.2, 0) is 14.2 Å². The van der Waals surface area contributed by atoms with Gasteiger partial charge in [-0.05, 0) is 76.4 Å². The Bertz CT molecular complexity index is 747. The van der Waals surface area contributed by atoms with Crippen molar-refractivity contribution in [1.82, 2.24) is 10.2 Å². The fourth-order valence-corrected chi connectivity index (χ4v) is 6.83. The van der Waals surface area contributed by atoms with E-state index in [2.05, 4.69) is 43.5 Å². The molecule has 0 radical (unpaired) electrons. The number of hydrogen-bond acceptors (Lipinski definition) is 7. The SMILES string of the molecule is CCCCCCCCC=CCCCCCCCCOCC(COCCCCCCCCC=CCCCCCCCC)NC(=S)OCCN(CCO)CCO. The Kier molecular flexibility index (Phi) is 45.5. The normalized spacial score (nSPS) is 12.5. The fraction of sp³-hybridized carbons (Fsp3) is 0.891. The molecule has 0 bridgehead atoms. The number of ether oxygens (including phenoxy) is 3. The molecule has 0 saturated carbocycles. The van der Waals surface area contributed by atoms with Crippen LogP contribution in [0.3, 0.4) is 0 Å². The highest BCUT2D eigenvalue weighted by atomic mass is 32.1. The van der Waals surface area contributed by atoms with Gasteiger partial charge in [0.15, 0.2) is 0 Å². The molecule has 0 unspecified atom stereocenters. The van der Waals surface area contributed by atoms with Crippen molar-refractivity contribution < 1.29 is 24.4 Å². The largest absolute Gasteiger partial charge is 0.470 e. The molecule has 320 valence electrons. The van der Waals surface area contributed by atoms with E-state index < -0.39 is 0 Å². The summed E-state index contributed by atoms with van der Waals surface area (Å²) in [6.45, 7) is 9.20. The van der Waals surface area contributed by atoms with Crippen molar-refractivity contribution in [3.05, 3.63) is 24.3 Å². The van der Waals surface area contributed by atoms with E-state index in [1.54, 1.807) is 0 Å². The van der Waals surface area contributed by atoms with Crippen LogP contribution in [-0.4, -0.2) is 92.2 Å². The van der Waals surface area contributed by atoms with Crippen LogP contribution < -0.4 is 5.32 Å². The number of nitrogens with zero attached hydrogens (tertiary/aromatic N) is 1. The van der Waals surface area contributed by atoms with Crippen LogP contribution >= 0.6 is 12.2 Å². The molecule has 0 atom stereocenters. The van der Waals surface area contributed by atoms with Gasteiger partial charge < -0.3 is 29.7 Å². The molecule has 0 aromatic carbocycles. The quantitative estimate of drug-likeness (QED) is 0.0320. The first-order chi connectivity index (χ1) is 26.7. The number of unbranched alkanes of at least 4 members (excludes halogenated alkanes) is 24. The Balaban J connectivity index is 4.12. The Morgan fingerprint density at radius 2 is 0.852 bits per heavy atom. The van der Waals surface area contributed by atoms with Gasteiger partial charge in [0.05, 0.1) is 32.5 Å². The first-order valence-corrected chi connectivity index (χ1v) is 23.4. The van der Waals surface area contributed by atoms with Gasteiger partial charge in [-0.15, -0.1) is 0 Å². The zero-order chi connectivity index (χ0) is 39.3. The summed E-state index contributed by atoms with van der Waals surface area (Å²) in [5.41, 5.74) is 0. The average Bonchev–Trinajstić information content (AvgIpc) is 3.17. The summed E-state index contributed by atoms with van der Waals surface area (Å²) >= 11 is 5.49. The van der Waals surface area contributed by atoms with Gasteiger partial charge in [-0.1, -0.05) is 154 Å². The van der Waals surface area contributed by atoms with Crippen molar-refractivity contribution in [3.8, 4) is 0 Å². The lowest BCUT2D eigenvalue weighted by atomic mass is 10.1. The van der Waals surface area contributed by atoms with E-state index in [0.29, 0.717) is 44.6 Å². The zero-order valence-corrected chi connectivity index (χ0v) is 36.5. The third kappa shape index (κ3) is 42.1. The predicted octanol–water partition coefficient (Wildman–Crippen LogP) is 11.6. The van der Waals surface area contributed by atoms with Gasteiger partial charge in [0.25, 0.3) is 5.17 Å². The first kappa shape index (κ1) is 53.0. The number of thiocarbonyl (C=S) groups is 1. The molecule has 7 nitrogen and oxygen atoms in total. The van der Waals surface area contributed by atoms with E-state index in [0.717, 1.165) is 26.1 Å². The van der Waals surface area contributed by atoms with E-state index in [1.807, 2.05) is 4.90 Å². The van der Waals surface area contributed by atoms with Crippen LogP contribution in [0.15, 0.2) is 24.3 Å². The molecule has 0 amide bonds. The fourth-order valence-electron chi connectivity index (χ4n) is 6.58. The zero-order valence-electron chi connectivity index (χ0n) is 35.7. The summed E-state index contributed by atoms with van der Waals surface area (Å²) in [6.07, 6.45) is 46.0. The van der Waals surface area contributed by atoms with Crippen LogP contribution in [0.2, 0.25) is 0 Å². The topological polar surface area (TPSA) is 83.4 Å². The van der Waals surface area contributed by atoms with Crippen molar-refractivity contribution in [3.63, 3.8) is 0 Å². The van der Waals surface area contributed by atoms with E-state index in [4.69, 9.17) is 26.4 Å². The first-order valence-electron chi connectivity index (χ1n) is 23.0. The minimum Gasteiger partial charge on any atom is -0.470 e. The van der Waals surface area contributed by atoms with Crippen molar-refractivity contribution in [2.45, 2.75) is 200 Å². The molecule has 0 aromatic rings. The molecular weight excluding hydrogens is 693 g/mol. The lowest BCUT2D eigenvalue weighted by Gasteiger charge is -2.23. The molecule has 54 heavy (non-hydrogen) atoms. The molecule has 0 rings (SSSR count). The van der Waals surface area contributed by atoms with Crippen molar-refractivity contribution in [1.29, 1.82) is 0 Å². The van der Waals surface area contributed by atoms with Crippen LogP contribution in [0.5, 0.6) is 0 Å². The molecule has 0 saturated heterocycles. The smallest absolute Gasteiger partial charge is 0.257 e. The van der Waals surface area contributed by atoms with E-state index >= 15 is 0 Å². The van der Waals surface area contributed by atoms with Crippen molar-refractivity contribution in [2.24, 2.45) is 0 Å². The number of aliphatic hydroxyl groups excluding tert-OH is 2. The third-order valence-corrected chi connectivity index (χ3v) is 10.3. The van der Waals surface area contributed by atoms with Gasteiger partial charge in [0.1, 0.15) is 6.61 Å². The molecular formula is C46H90N2O5S. The van der Waals surface area contributed by atoms with Crippen molar-refractivity contribution in [2.75, 3.05) is 65.9 Å². The highest BCUT2D eigenvalue weighted by Crippen LogP contribution is 2.12. The lowest BCUT2D eigenvalue weighted by molar-refractivity contribution is 0.0561. The van der Waals surface area contributed by atoms with Crippen molar-refractivity contribution >= 4 is 17.4 Å². The average molecular weight is 783 g/mol. The maximum Gasteiger partial charge on any atom is 0.257 e. The molecule has 3 N–H and O–H groups in total. The maximum absolute atomic E-state index is 9.25. The summed E-state index contributed by atoms with van der Waals surface area (Å²) < 4.78 is 17.9. The summed E-state index contributed by atoms with van der Waals surface area (Å²) in [5.74, 6) is 0. The Labute approximate surface area is 340 Å². The maximum atomic E-state index is 9.25. The Hall–Kier alpha value is -1.03. The van der Waals surface area contributed by atoms with Crippen LogP contribution in [0, 0.1) is 0 Å². The second kappa shape index (κ2) is 46.4. The highest BCUT2D eigenvalue weighted by molar-refractivity contribution is 7.80. The van der Waals surface area contributed by atoms with Gasteiger partial charge in [0, 0.05) is 32.8 Å². The molecule has 0 spiro atoms. The lowest BCUT2D eigenvalue weighted by Crippen LogP contribution is -2.43. The second-order valence-electron chi connectivity index (χ2n) is 15.3. The summed E-state index contributed by atoms with van der Waals surface area (Å²) in [6, 6.07) is -0.0632. The number of rotatable bonds is 44. The Morgan fingerprint density at radius 1 is 0.500 bits per heavy atom. The predicted molar refractivity (Wildman–Crippen MR) is 237 cm³/mol. The minimum absolute atomic E-state index is 0.0491. The number of hydrogen-bond donors (Lipinski definition) is 3. The van der Waals surface area contributed by atoms with Gasteiger partial charge in [-0.3, -0.25) is 4.90 Å². The third-order valence-electron chi connectivity index (χ3n) is 10.0. The highest BCUT2D eigenvalue weighted by Gasteiger charge is 2.13.